The Balaban J connectivity index is 2.62. The SMILES string of the molecule is C=C[C@@H]1CC(=O)O[C@H](C(=C)C)C1. The molecule has 0 spiro atoms. The molecule has 0 aliphatic carbocycles. The molecule has 12 heavy (non-hydrogen) atoms. The van der Waals surface area contributed by atoms with Gasteiger partial charge in [0.05, 0.1) is 6.42 Å². The molecule has 1 aliphatic rings. The van der Waals surface area contributed by atoms with Gasteiger partial charge in [-0.1, -0.05) is 12.7 Å². The monoisotopic (exact) mass is 166 g/mol. The zero-order valence-electron chi connectivity index (χ0n) is 7.38. The highest BCUT2D eigenvalue weighted by Crippen LogP contribution is 2.25. The minimum Gasteiger partial charge on any atom is -0.458 e. The van der Waals surface area contributed by atoms with E-state index in [1.165, 1.54) is 0 Å². The minimum absolute atomic E-state index is 0.103. The minimum atomic E-state index is -0.140. The van der Waals surface area contributed by atoms with Crippen LogP contribution in [0.2, 0.25) is 0 Å². The second-order valence-corrected chi connectivity index (χ2v) is 3.26. The number of allylic oxidation sites excluding steroid dienone is 1. The zero-order chi connectivity index (χ0) is 9.14. The lowest BCUT2D eigenvalue weighted by Crippen LogP contribution is -2.29. The second-order valence-electron chi connectivity index (χ2n) is 3.26. The van der Waals surface area contributed by atoms with Gasteiger partial charge in [0, 0.05) is 0 Å². The number of carbonyl (C=O) groups is 1. The highest BCUT2D eigenvalue weighted by molar-refractivity contribution is 5.71. The molecule has 0 aromatic carbocycles. The van der Waals surface area contributed by atoms with E-state index in [2.05, 4.69) is 13.2 Å². The first-order valence-corrected chi connectivity index (χ1v) is 4.11. The summed E-state index contributed by atoms with van der Waals surface area (Å²) >= 11 is 0. The van der Waals surface area contributed by atoms with Gasteiger partial charge in [0.15, 0.2) is 0 Å². The molecule has 1 saturated heterocycles. The van der Waals surface area contributed by atoms with Crippen LogP contribution in [0.5, 0.6) is 0 Å². The summed E-state index contributed by atoms with van der Waals surface area (Å²) < 4.78 is 5.09. The molecule has 0 N–H and O–H groups in total. The lowest BCUT2D eigenvalue weighted by Gasteiger charge is -2.27. The van der Waals surface area contributed by atoms with Crippen molar-refractivity contribution in [2.45, 2.75) is 25.9 Å². The molecule has 0 amide bonds. The molecule has 66 valence electrons. The van der Waals surface area contributed by atoms with Gasteiger partial charge in [-0.25, -0.2) is 0 Å². The van der Waals surface area contributed by atoms with Crippen LogP contribution in [0.25, 0.3) is 0 Å². The number of rotatable bonds is 2. The molecule has 1 heterocycles. The van der Waals surface area contributed by atoms with Gasteiger partial charge in [-0.2, -0.15) is 0 Å². The lowest BCUT2D eigenvalue weighted by molar-refractivity contribution is -0.153. The quantitative estimate of drug-likeness (QED) is 0.463. The van der Waals surface area contributed by atoms with Crippen LogP contribution in [0.1, 0.15) is 19.8 Å². The molecule has 1 aliphatic heterocycles. The molecule has 0 bridgehead atoms. The van der Waals surface area contributed by atoms with Crippen LogP contribution in [-0.2, 0) is 9.53 Å². The molecule has 2 heteroatoms. The van der Waals surface area contributed by atoms with Crippen molar-refractivity contribution in [2.75, 3.05) is 0 Å². The van der Waals surface area contributed by atoms with Gasteiger partial charge in [-0.3, -0.25) is 4.79 Å². The van der Waals surface area contributed by atoms with Crippen molar-refractivity contribution in [3.05, 3.63) is 24.8 Å². The smallest absolute Gasteiger partial charge is 0.306 e. The van der Waals surface area contributed by atoms with Crippen LogP contribution in [0.3, 0.4) is 0 Å². The maximum Gasteiger partial charge on any atom is 0.306 e. The average Bonchev–Trinajstić information content (AvgIpc) is 2.03. The molecule has 2 nitrogen and oxygen atoms in total. The first-order valence-electron chi connectivity index (χ1n) is 4.11. The van der Waals surface area contributed by atoms with E-state index in [4.69, 9.17) is 4.74 Å². The zero-order valence-corrected chi connectivity index (χ0v) is 7.38. The van der Waals surface area contributed by atoms with E-state index in [1.807, 2.05) is 13.0 Å². The Kier molecular flexibility index (Phi) is 2.69. The summed E-state index contributed by atoms with van der Waals surface area (Å²) in [6.07, 6.45) is 3.02. The van der Waals surface area contributed by atoms with E-state index in [0.717, 1.165) is 12.0 Å². The molecule has 0 unspecified atom stereocenters. The van der Waals surface area contributed by atoms with Gasteiger partial charge in [0.1, 0.15) is 6.10 Å². The summed E-state index contributed by atoms with van der Waals surface area (Å²) in [6, 6.07) is 0. The van der Waals surface area contributed by atoms with E-state index < -0.39 is 0 Å². The predicted molar refractivity (Wildman–Crippen MR) is 47.6 cm³/mol. The first kappa shape index (κ1) is 9.04. The highest BCUT2D eigenvalue weighted by Gasteiger charge is 2.26. The van der Waals surface area contributed by atoms with E-state index in [-0.39, 0.29) is 18.0 Å². The summed E-state index contributed by atoms with van der Waals surface area (Å²) in [5.41, 5.74) is 0.912. The number of cyclic esters (lactones) is 1. The van der Waals surface area contributed by atoms with Crippen molar-refractivity contribution in [1.29, 1.82) is 0 Å². The Morgan fingerprint density at radius 3 is 2.92 bits per heavy atom. The van der Waals surface area contributed by atoms with Crippen molar-refractivity contribution >= 4 is 5.97 Å². The van der Waals surface area contributed by atoms with Crippen LogP contribution >= 0.6 is 0 Å². The Bertz CT molecular complexity index is 218. The average molecular weight is 166 g/mol. The number of esters is 1. The van der Waals surface area contributed by atoms with Crippen LogP contribution in [-0.4, -0.2) is 12.1 Å². The third-order valence-corrected chi connectivity index (χ3v) is 2.10. The molecular weight excluding hydrogens is 152 g/mol. The van der Waals surface area contributed by atoms with Crippen molar-refractivity contribution in [3.63, 3.8) is 0 Å². The standard InChI is InChI=1S/C10H14O2/c1-4-8-5-9(7(2)3)12-10(11)6-8/h4,8-9H,1-2,5-6H2,3H3/t8-,9-/m0/s1. The summed E-state index contributed by atoms with van der Waals surface area (Å²) in [5, 5.41) is 0. The van der Waals surface area contributed by atoms with Crippen LogP contribution in [0.4, 0.5) is 0 Å². The lowest BCUT2D eigenvalue weighted by atomic mass is 9.93. The maximum atomic E-state index is 11.0. The fourth-order valence-corrected chi connectivity index (χ4v) is 1.31. The number of hydrogen-bond acceptors (Lipinski definition) is 2. The van der Waals surface area contributed by atoms with Gasteiger partial charge in [-0.15, -0.1) is 6.58 Å². The van der Waals surface area contributed by atoms with Gasteiger partial charge < -0.3 is 4.74 Å². The van der Waals surface area contributed by atoms with E-state index in [0.29, 0.717) is 6.42 Å². The maximum absolute atomic E-state index is 11.0. The van der Waals surface area contributed by atoms with Gasteiger partial charge in [0.25, 0.3) is 0 Å². The van der Waals surface area contributed by atoms with E-state index in [9.17, 15) is 4.79 Å². The fourth-order valence-electron chi connectivity index (χ4n) is 1.31. The highest BCUT2D eigenvalue weighted by atomic mass is 16.5. The molecule has 0 aromatic heterocycles. The topological polar surface area (TPSA) is 26.3 Å². The molecule has 0 radical (unpaired) electrons. The Labute approximate surface area is 72.9 Å². The summed E-state index contributed by atoms with van der Waals surface area (Å²) in [7, 11) is 0. The van der Waals surface area contributed by atoms with Crippen LogP contribution in [0.15, 0.2) is 24.8 Å². The van der Waals surface area contributed by atoms with Crippen molar-refractivity contribution < 1.29 is 9.53 Å². The molecule has 0 aromatic rings. The van der Waals surface area contributed by atoms with Crippen molar-refractivity contribution in [2.24, 2.45) is 5.92 Å². The Morgan fingerprint density at radius 2 is 2.42 bits per heavy atom. The normalized spacial score (nSPS) is 29.2. The Hall–Kier alpha value is -1.05. The summed E-state index contributed by atoms with van der Waals surface area (Å²) in [4.78, 5) is 11.0. The van der Waals surface area contributed by atoms with Crippen LogP contribution < -0.4 is 0 Å². The fraction of sp³-hybridized carbons (Fsp3) is 0.500. The Morgan fingerprint density at radius 1 is 1.75 bits per heavy atom. The third kappa shape index (κ3) is 1.97. The number of carbonyl (C=O) groups excluding carboxylic acids is 1. The van der Waals surface area contributed by atoms with Gasteiger partial charge in [0.2, 0.25) is 0 Å². The van der Waals surface area contributed by atoms with E-state index in [1.54, 1.807) is 0 Å². The molecule has 2 atom stereocenters. The number of hydrogen-bond donors (Lipinski definition) is 0. The van der Waals surface area contributed by atoms with Gasteiger partial charge >= 0.3 is 5.97 Å². The third-order valence-electron chi connectivity index (χ3n) is 2.10. The second kappa shape index (κ2) is 3.57. The number of ether oxygens (including phenoxy) is 1. The molecule has 1 rings (SSSR count). The molecule has 1 fully saturated rings. The predicted octanol–water partition coefficient (Wildman–Crippen LogP) is 2.07. The van der Waals surface area contributed by atoms with Crippen LogP contribution in [0, 0.1) is 5.92 Å². The summed E-state index contributed by atoms with van der Waals surface area (Å²) in [6.45, 7) is 9.32. The van der Waals surface area contributed by atoms with E-state index >= 15 is 0 Å². The van der Waals surface area contributed by atoms with Gasteiger partial charge in [-0.05, 0) is 24.8 Å². The first-order chi connectivity index (χ1) is 5.63. The van der Waals surface area contributed by atoms with Crippen molar-refractivity contribution in [3.8, 4) is 0 Å². The molecular formula is C10H14O2. The molecule has 0 saturated carbocycles. The largest absolute Gasteiger partial charge is 0.458 e. The summed E-state index contributed by atoms with van der Waals surface area (Å²) in [5.74, 6) is 0.118. The van der Waals surface area contributed by atoms with Crippen molar-refractivity contribution in [1.82, 2.24) is 0 Å².